The van der Waals surface area contributed by atoms with Crippen molar-refractivity contribution in [3.8, 4) is 66.8 Å². The lowest BCUT2D eigenvalue weighted by atomic mass is 9.97. The van der Waals surface area contributed by atoms with Crippen LogP contribution in [0, 0.1) is 13.8 Å². The van der Waals surface area contributed by atoms with Gasteiger partial charge in [-0.25, -0.2) is 4.99 Å². The fraction of sp³-hybridized carbons (Fsp3) is 0.0290. The first-order valence-electron chi connectivity index (χ1n) is 24.0. The number of nitrogens with zero attached hydrogens (tertiary/aromatic N) is 1. The van der Waals surface area contributed by atoms with Crippen LogP contribution in [0.3, 0.4) is 0 Å². The first-order valence-corrected chi connectivity index (χ1v) is 24.0. The molecule has 0 saturated heterocycles. The minimum atomic E-state index is 1.09. The molecule has 0 saturated carbocycles. The average molecular weight is 898 g/mol. The van der Waals surface area contributed by atoms with E-state index in [1.165, 1.54) is 88.7 Å². The summed E-state index contributed by atoms with van der Waals surface area (Å²) in [6.45, 7) is 4.39. The monoisotopic (exact) mass is 897 g/mol. The third kappa shape index (κ3) is 11.4. The molecule has 70 heavy (non-hydrogen) atoms. The average Bonchev–Trinajstić information content (AvgIpc) is 4.04. The molecule has 0 radical (unpaired) electrons. The topological polar surface area (TPSA) is 12.4 Å². The third-order valence-corrected chi connectivity index (χ3v) is 12.5. The number of para-hydroxylation sites is 1. The SMILES string of the molecule is Cc1ccc2c(c1C)C=c1c-2ccc2c1=Nc1ccccc1-2.c1ccc(-c2ccccc2)cc1.c1ccc(-c2ccccc2)cc1.c1ccc(-c2ccccc2)cc1.c1ccc(-c2ccccc2)cc1. The van der Waals surface area contributed by atoms with Crippen LogP contribution >= 0.6 is 0 Å². The second-order valence-corrected chi connectivity index (χ2v) is 17.1. The predicted molar refractivity (Wildman–Crippen MR) is 298 cm³/mol. The van der Waals surface area contributed by atoms with Gasteiger partial charge in [-0.15, -0.1) is 0 Å². The van der Waals surface area contributed by atoms with Gasteiger partial charge in [-0.3, -0.25) is 0 Å². The van der Waals surface area contributed by atoms with Crippen LogP contribution in [0.2, 0.25) is 0 Å². The van der Waals surface area contributed by atoms with Crippen LogP contribution < -0.4 is 10.6 Å². The summed E-state index contributed by atoms with van der Waals surface area (Å²) in [5.74, 6) is 0. The fourth-order valence-electron chi connectivity index (χ4n) is 8.69. The number of hydrogen-bond acceptors (Lipinski definition) is 1. The van der Waals surface area contributed by atoms with E-state index < -0.39 is 0 Å². The Labute approximate surface area is 413 Å². The molecule has 1 heterocycles. The molecule has 0 spiro atoms. The zero-order valence-electron chi connectivity index (χ0n) is 39.7. The molecule has 11 aromatic carbocycles. The van der Waals surface area contributed by atoms with Gasteiger partial charge in [0, 0.05) is 16.3 Å². The van der Waals surface area contributed by atoms with Gasteiger partial charge >= 0.3 is 0 Å². The summed E-state index contributed by atoms with van der Waals surface area (Å²) in [6, 6.07) is 100. The Bertz CT molecular complexity index is 3040. The van der Waals surface area contributed by atoms with E-state index in [0.717, 1.165) is 11.0 Å². The summed E-state index contributed by atoms with van der Waals surface area (Å²) in [4.78, 5) is 4.89. The number of hydrogen-bond donors (Lipinski definition) is 0. The maximum absolute atomic E-state index is 4.89. The second-order valence-electron chi connectivity index (χ2n) is 17.1. The minimum Gasteiger partial charge on any atom is -0.247 e. The van der Waals surface area contributed by atoms with Crippen LogP contribution in [0.25, 0.3) is 72.8 Å². The molecule has 0 bridgehead atoms. The Morgan fingerprint density at radius 2 is 0.529 bits per heavy atom. The van der Waals surface area contributed by atoms with E-state index in [1.807, 2.05) is 48.5 Å². The van der Waals surface area contributed by atoms with E-state index in [9.17, 15) is 0 Å². The number of benzene rings is 11. The van der Waals surface area contributed by atoms with Crippen molar-refractivity contribution in [3.63, 3.8) is 0 Å². The lowest BCUT2D eigenvalue weighted by molar-refractivity contribution is 1.33. The maximum atomic E-state index is 4.89. The quantitative estimate of drug-likeness (QED) is 0.167. The Morgan fingerprint density at radius 3 is 0.871 bits per heavy atom. The summed E-state index contributed by atoms with van der Waals surface area (Å²) in [7, 11) is 0. The number of rotatable bonds is 4. The van der Waals surface area contributed by atoms with Crippen molar-refractivity contribution in [1.82, 2.24) is 0 Å². The lowest BCUT2D eigenvalue weighted by Gasteiger charge is -2.07. The third-order valence-electron chi connectivity index (χ3n) is 12.5. The van der Waals surface area contributed by atoms with E-state index in [1.54, 1.807) is 0 Å². The highest BCUT2D eigenvalue weighted by Gasteiger charge is 2.21. The van der Waals surface area contributed by atoms with Gasteiger partial charge in [0.2, 0.25) is 0 Å². The van der Waals surface area contributed by atoms with Crippen molar-refractivity contribution in [2.75, 3.05) is 0 Å². The van der Waals surface area contributed by atoms with Gasteiger partial charge in [-0.05, 0) is 98.3 Å². The smallest absolute Gasteiger partial charge is 0.0795 e. The van der Waals surface area contributed by atoms with Gasteiger partial charge in [-0.2, -0.15) is 0 Å². The van der Waals surface area contributed by atoms with Gasteiger partial charge in [0.1, 0.15) is 0 Å². The molecule has 1 aliphatic carbocycles. The lowest BCUT2D eigenvalue weighted by Crippen LogP contribution is -2.25. The van der Waals surface area contributed by atoms with Crippen LogP contribution in [-0.4, -0.2) is 0 Å². The van der Waals surface area contributed by atoms with Crippen LogP contribution in [-0.2, 0) is 0 Å². The number of aryl methyl sites for hydroxylation is 1. The first-order chi connectivity index (χ1) is 34.6. The molecule has 0 N–H and O–H groups in total. The Hall–Kier alpha value is -8.91. The molecule has 1 nitrogen and oxygen atoms in total. The summed E-state index contributed by atoms with van der Waals surface area (Å²) in [6.07, 6.45) is 2.32. The van der Waals surface area contributed by atoms with Crippen LogP contribution in [0.15, 0.2) is 296 Å². The standard InChI is InChI=1S/C21H15N.4C12H10/c1-12-7-8-14-15-9-10-17-16-5-3-4-6-20(16)22-21(17)19(15)11-18(14)13(12)2;4*1-3-7-11(8-4-1)12-9-5-2-6-10-12/h3-11H,1-2H3;4*1-10H. The number of fused-ring (bicyclic) bond motifs is 7. The second kappa shape index (κ2) is 23.2. The van der Waals surface area contributed by atoms with Gasteiger partial charge < -0.3 is 0 Å². The molecule has 0 aromatic heterocycles. The molecule has 0 amide bonds. The fourth-order valence-corrected chi connectivity index (χ4v) is 8.69. The Balaban J connectivity index is 0.000000112. The van der Waals surface area contributed by atoms with Crippen molar-refractivity contribution in [3.05, 3.63) is 318 Å². The van der Waals surface area contributed by atoms with Crippen LogP contribution in [0.4, 0.5) is 5.69 Å². The Morgan fingerprint density at radius 1 is 0.243 bits per heavy atom. The minimum absolute atomic E-state index is 1.09. The first kappa shape index (κ1) is 46.2. The molecule has 1 heteroatoms. The summed E-state index contributed by atoms with van der Waals surface area (Å²) >= 11 is 0. The van der Waals surface area contributed by atoms with Gasteiger partial charge in [0.15, 0.2) is 0 Å². The molecular weight excluding hydrogens is 843 g/mol. The van der Waals surface area contributed by atoms with Crippen LogP contribution in [0.5, 0.6) is 0 Å². The summed E-state index contributed by atoms with van der Waals surface area (Å²) in [5.41, 5.74) is 20.5. The van der Waals surface area contributed by atoms with Crippen molar-refractivity contribution in [1.29, 1.82) is 0 Å². The maximum Gasteiger partial charge on any atom is 0.0795 e. The molecule has 11 aromatic rings. The van der Waals surface area contributed by atoms with E-state index in [-0.39, 0.29) is 0 Å². The van der Waals surface area contributed by atoms with Crippen molar-refractivity contribution < 1.29 is 0 Å². The summed E-state index contributed by atoms with van der Waals surface area (Å²) < 4.78 is 0. The highest BCUT2D eigenvalue weighted by Crippen LogP contribution is 2.35. The van der Waals surface area contributed by atoms with Gasteiger partial charge in [0.25, 0.3) is 0 Å². The molecule has 13 rings (SSSR count). The van der Waals surface area contributed by atoms with Crippen molar-refractivity contribution >= 4 is 11.8 Å². The Kier molecular flexibility index (Phi) is 15.3. The highest BCUT2D eigenvalue weighted by molar-refractivity contribution is 5.88. The molecule has 0 atom stereocenters. The largest absolute Gasteiger partial charge is 0.247 e. The summed E-state index contributed by atoms with van der Waals surface area (Å²) in [5, 5.41) is 2.41. The van der Waals surface area contributed by atoms with E-state index in [4.69, 9.17) is 4.99 Å². The van der Waals surface area contributed by atoms with Gasteiger partial charge in [0.05, 0.1) is 11.0 Å². The van der Waals surface area contributed by atoms with Gasteiger partial charge in [-0.1, -0.05) is 285 Å². The zero-order chi connectivity index (χ0) is 47.7. The molecule has 1 aliphatic heterocycles. The molecule has 0 unspecified atom stereocenters. The normalized spacial score (nSPS) is 10.7. The predicted octanol–water partition coefficient (Wildman–Crippen LogP) is 17.5. The highest BCUT2D eigenvalue weighted by atomic mass is 14.8. The van der Waals surface area contributed by atoms with E-state index in [2.05, 4.69) is 263 Å². The van der Waals surface area contributed by atoms with Crippen LogP contribution in [0.1, 0.15) is 16.7 Å². The van der Waals surface area contributed by atoms with E-state index in [0.29, 0.717) is 0 Å². The van der Waals surface area contributed by atoms with E-state index >= 15 is 0 Å². The molecule has 2 aliphatic rings. The van der Waals surface area contributed by atoms with Crippen molar-refractivity contribution in [2.24, 2.45) is 4.99 Å². The molecule has 0 fully saturated rings. The molecular formula is C69H55N. The zero-order valence-corrected chi connectivity index (χ0v) is 39.7. The van der Waals surface area contributed by atoms with Crippen molar-refractivity contribution in [2.45, 2.75) is 13.8 Å². The molecule has 336 valence electrons.